The van der Waals surface area contributed by atoms with Gasteiger partial charge in [0.25, 0.3) is 5.89 Å². The monoisotopic (exact) mass is 292 g/mol. The minimum Gasteiger partial charge on any atom is -0.332 e. The van der Waals surface area contributed by atoms with E-state index in [1.54, 1.807) is 12.3 Å². The maximum absolute atomic E-state index is 12.1. The molecule has 0 fully saturated rings. The van der Waals surface area contributed by atoms with Gasteiger partial charge in [-0.15, -0.1) is 11.3 Å². The van der Waals surface area contributed by atoms with Crippen LogP contribution in [0.25, 0.3) is 11.6 Å². The standard InChI is InChI=1S/C10H11F3N4OS/c1-5(14)9-15-6(4-19-9)8-16-7(17-18-8)2-3-10(11,12)13/h4-5H,2-3,14H2,1H3. The molecular weight excluding hydrogens is 281 g/mol. The fourth-order valence-corrected chi connectivity index (χ4v) is 2.06. The molecule has 2 N–H and O–H groups in total. The molecule has 0 bridgehead atoms. The first-order chi connectivity index (χ1) is 8.85. The van der Waals surface area contributed by atoms with Crippen molar-refractivity contribution in [2.24, 2.45) is 5.73 Å². The van der Waals surface area contributed by atoms with Gasteiger partial charge in [-0.1, -0.05) is 5.16 Å². The van der Waals surface area contributed by atoms with Gasteiger partial charge in [-0.2, -0.15) is 18.2 Å². The van der Waals surface area contributed by atoms with E-state index in [2.05, 4.69) is 15.1 Å². The molecule has 0 spiro atoms. The van der Waals surface area contributed by atoms with Gasteiger partial charge in [-0.05, 0) is 6.92 Å². The number of thiazole rings is 1. The third-order valence-corrected chi connectivity index (χ3v) is 3.28. The van der Waals surface area contributed by atoms with Crippen LogP contribution in [0.1, 0.15) is 30.2 Å². The number of aryl methyl sites for hydroxylation is 1. The summed E-state index contributed by atoms with van der Waals surface area (Å²) in [6, 6.07) is -0.216. The number of aromatic nitrogens is 3. The van der Waals surface area contributed by atoms with Crippen molar-refractivity contribution in [1.82, 2.24) is 15.1 Å². The van der Waals surface area contributed by atoms with E-state index in [0.717, 1.165) is 0 Å². The van der Waals surface area contributed by atoms with Crippen molar-refractivity contribution in [3.8, 4) is 11.6 Å². The number of hydrogen-bond donors (Lipinski definition) is 1. The molecule has 0 radical (unpaired) electrons. The highest BCUT2D eigenvalue weighted by Gasteiger charge is 2.27. The average molecular weight is 292 g/mol. The van der Waals surface area contributed by atoms with E-state index in [1.807, 2.05) is 0 Å². The van der Waals surface area contributed by atoms with E-state index >= 15 is 0 Å². The fraction of sp³-hybridized carbons (Fsp3) is 0.500. The van der Waals surface area contributed by atoms with Gasteiger partial charge in [0.1, 0.15) is 10.7 Å². The summed E-state index contributed by atoms with van der Waals surface area (Å²) in [5, 5.41) is 5.88. The van der Waals surface area contributed by atoms with Crippen LogP contribution in [0.15, 0.2) is 9.90 Å². The average Bonchev–Trinajstić information content (AvgIpc) is 2.94. The molecule has 2 heterocycles. The van der Waals surface area contributed by atoms with Gasteiger partial charge in [-0.25, -0.2) is 4.98 Å². The quantitative estimate of drug-likeness (QED) is 0.937. The molecule has 2 aromatic rings. The van der Waals surface area contributed by atoms with Gasteiger partial charge in [0.05, 0.1) is 12.5 Å². The Labute approximate surface area is 110 Å². The van der Waals surface area contributed by atoms with Crippen LogP contribution in [-0.4, -0.2) is 21.3 Å². The van der Waals surface area contributed by atoms with Crippen LogP contribution >= 0.6 is 11.3 Å². The summed E-state index contributed by atoms with van der Waals surface area (Å²) in [5.74, 6) is 0.128. The molecule has 0 aliphatic carbocycles. The Morgan fingerprint density at radius 2 is 2.16 bits per heavy atom. The Kier molecular flexibility index (Phi) is 3.85. The second kappa shape index (κ2) is 5.25. The normalized spacial score (nSPS) is 13.7. The van der Waals surface area contributed by atoms with Gasteiger partial charge >= 0.3 is 6.18 Å². The van der Waals surface area contributed by atoms with Crippen molar-refractivity contribution in [3.05, 3.63) is 16.2 Å². The molecule has 1 atom stereocenters. The molecule has 1 unspecified atom stereocenters. The Morgan fingerprint density at radius 1 is 1.42 bits per heavy atom. The lowest BCUT2D eigenvalue weighted by Crippen LogP contribution is -2.09. The first-order valence-electron chi connectivity index (χ1n) is 5.46. The molecule has 0 aliphatic rings. The molecule has 0 amide bonds. The largest absolute Gasteiger partial charge is 0.389 e. The SMILES string of the molecule is CC(N)c1nc(-c2nc(CCC(F)(F)F)no2)cs1. The Bertz CT molecular complexity index is 549. The van der Waals surface area contributed by atoms with E-state index in [1.165, 1.54) is 11.3 Å². The predicted molar refractivity (Wildman–Crippen MR) is 62.4 cm³/mol. The zero-order valence-corrected chi connectivity index (χ0v) is 10.8. The summed E-state index contributed by atoms with van der Waals surface area (Å²) >= 11 is 1.34. The zero-order chi connectivity index (χ0) is 14.0. The molecule has 2 rings (SSSR count). The minimum atomic E-state index is -4.23. The van der Waals surface area contributed by atoms with Crippen molar-refractivity contribution in [3.63, 3.8) is 0 Å². The Balaban J connectivity index is 2.07. The van der Waals surface area contributed by atoms with Crippen LogP contribution in [0.2, 0.25) is 0 Å². The van der Waals surface area contributed by atoms with E-state index in [9.17, 15) is 13.2 Å². The number of alkyl halides is 3. The minimum absolute atomic E-state index is 0.0164. The molecule has 104 valence electrons. The van der Waals surface area contributed by atoms with Gasteiger partial charge in [0.2, 0.25) is 0 Å². The smallest absolute Gasteiger partial charge is 0.332 e. The van der Waals surface area contributed by atoms with Crippen LogP contribution in [0, 0.1) is 0 Å². The number of nitrogens with zero attached hydrogens (tertiary/aromatic N) is 3. The highest BCUT2D eigenvalue weighted by Crippen LogP contribution is 2.25. The molecule has 0 saturated carbocycles. The molecule has 5 nitrogen and oxygen atoms in total. The lowest BCUT2D eigenvalue weighted by atomic mass is 10.3. The third kappa shape index (κ3) is 3.74. The van der Waals surface area contributed by atoms with Crippen LogP contribution < -0.4 is 5.73 Å². The highest BCUT2D eigenvalue weighted by atomic mass is 32.1. The Hall–Kier alpha value is -1.48. The first kappa shape index (κ1) is 13.9. The molecule has 0 aromatic carbocycles. The highest BCUT2D eigenvalue weighted by molar-refractivity contribution is 7.10. The van der Waals surface area contributed by atoms with Crippen LogP contribution in [0.5, 0.6) is 0 Å². The molecule has 0 aliphatic heterocycles. The molecule has 0 saturated heterocycles. The van der Waals surface area contributed by atoms with E-state index < -0.39 is 12.6 Å². The number of rotatable bonds is 4. The molecule has 19 heavy (non-hydrogen) atoms. The van der Waals surface area contributed by atoms with E-state index in [-0.39, 0.29) is 24.2 Å². The fourth-order valence-electron chi connectivity index (χ4n) is 1.31. The lowest BCUT2D eigenvalue weighted by Gasteiger charge is -2.01. The maximum atomic E-state index is 12.1. The van der Waals surface area contributed by atoms with Crippen molar-refractivity contribution < 1.29 is 17.7 Å². The van der Waals surface area contributed by atoms with Gasteiger partial charge < -0.3 is 10.3 Å². The Morgan fingerprint density at radius 3 is 2.74 bits per heavy atom. The van der Waals surface area contributed by atoms with Crippen molar-refractivity contribution in [2.75, 3.05) is 0 Å². The first-order valence-corrected chi connectivity index (χ1v) is 6.34. The maximum Gasteiger partial charge on any atom is 0.389 e. The zero-order valence-electron chi connectivity index (χ0n) is 9.94. The summed E-state index contributed by atoms with van der Waals surface area (Å²) in [5.41, 5.74) is 6.10. The number of hydrogen-bond acceptors (Lipinski definition) is 6. The van der Waals surface area contributed by atoms with Gasteiger partial charge in [-0.3, -0.25) is 0 Å². The van der Waals surface area contributed by atoms with Crippen LogP contribution in [-0.2, 0) is 6.42 Å². The predicted octanol–water partition coefficient (Wildman–Crippen LogP) is 2.71. The van der Waals surface area contributed by atoms with Crippen molar-refractivity contribution in [2.45, 2.75) is 32.0 Å². The second-order valence-corrected chi connectivity index (χ2v) is 4.88. The van der Waals surface area contributed by atoms with Crippen LogP contribution in [0.4, 0.5) is 13.2 Å². The second-order valence-electron chi connectivity index (χ2n) is 3.99. The number of halogens is 3. The third-order valence-electron chi connectivity index (χ3n) is 2.23. The number of nitrogens with two attached hydrogens (primary N) is 1. The van der Waals surface area contributed by atoms with Crippen molar-refractivity contribution >= 4 is 11.3 Å². The molecule has 2 aromatic heterocycles. The van der Waals surface area contributed by atoms with E-state index in [4.69, 9.17) is 10.3 Å². The lowest BCUT2D eigenvalue weighted by molar-refractivity contribution is -0.134. The van der Waals surface area contributed by atoms with Gasteiger partial charge in [0, 0.05) is 11.8 Å². The van der Waals surface area contributed by atoms with Crippen molar-refractivity contribution in [1.29, 1.82) is 0 Å². The van der Waals surface area contributed by atoms with Gasteiger partial charge in [0.15, 0.2) is 5.82 Å². The molecule has 9 heteroatoms. The van der Waals surface area contributed by atoms with E-state index in [0.29, 0.717) is 10.7 Å². The van der Waals surface area contributed by atoms with Crippen LogP contribution in [0.3, 0.4) is 0 Å². The molecular formula is C10H11F3N4OS. The summed E-state index contributed by atoms with van der Waals surface area (Å²) < 4.78 is 41.0. The topological polar surface area (TPSA) is 77.8 Å². The summed E-state index contributed by atoms with van der Waals surface area (Å²) in [6.45, 7) is 1.78. The summed E-state index contributed by atoms with van der Waals surface area (Å²) in [4.78, 5) is 8.06. The summed E-state index contributed by atoms with van der Waals surface area (Å²) in [7, 11) is 0. The summed E-state index contributed by atoms with van der Waals surface area (Å²) in [6.07, 6.45) is -5.52.